The van der Waals surface area contributed by atoms with E-state index >= 15 is 0 Å². The molecule has 1 aliphatic rings. The summed E-state index contributed by atoms with van der Waals surface area (Å²) in [5.41, 5.74) is 0. The summed E-state index contributed by atoms with van der Waals surface area (Å²) < 4.78 is 5.06. The van der Waals surface area contributed by atoms with Gasteiger partial charge in [0.2, 0.25) is 0 Å². The molecule has 0 bridgehead atoms. The topological polar surface area (TPSA) is 32.8 Å². The lowest BCUT2D eigenvalue weighted by Crippen LogP contribution is -2.47. The number of esters is 1. The second kappa shape index (κ2) is 7.41. The van der Waals surface area contributed by atoms with Crippen LogP contribution in [0.25, 0.3) is 0 Å². The molecule has 1 aliphatic heterocycles. The lowest BCUT2D eigenvalue weighted by atomic mass is 10.3. The highest BCUT2D eigenvalue weighted by Gasteiger charge is 2.15. The second-order valence-electron chi connectivity index (χ2n) is 4.00. The third kappa shape index (κ3) is 4.77. The first kappa shape index (κ1) is 13.2. The molecule has 0 aromatic heterocycles. The minimum atomic E-state index is -0.106. The van der Waals surface area contributed by atoms with E-state index in [0.29, 0.717) is 13.0 Å². The van der Waals surface area contributed by atoms with Crippen molar-refractivity contribution in [3.05, 3.63) is 12.7 Å². The highest BCUT2D eigenvalue weighted by atomic mass is 16.5. The summed E-state index contributed by atoms with van der Waals surface area (Å²) in [5, 5.41) is 0. The fourth-order valence-corrected chi connectivity index (χ4v) is 1.77. The van der Waals surface area contributed by atoms with Crippen LogP contribution in [0, 0.1) is 0 Å². The molecule has 0 N–H and O–H groups in total. The Labute approximate surface area is 97.9 Å². The number of rotatable bonds is 6. The van der Waals surface area contributed by atoms with Crippen molar-refractivity contribution in [2.45, 2.75) is 13.3 Å². The van der Waals surface area contributed by atoms with Crippen LogP contribution in [0.2, 0.25) is 0 Å². The monoisotopic (exact) mass is 226 g/mol. The SMILES string of the molecule is C=CCN1CCN(CCOC(=O)CC)CC1. The number of hydrogen-bond acceptors (Lipinski definition) is 4. The second-order valence-corrected chi connectivity index (χ2v) is 4.00. The van der Waals surface area contributed by atoms with Crippen LogP contribution in [0.1, 0.15) is 13.3 Å². The summed E-state index contributed by atoms with van der Waals surface area (Å²) in [5.74, 6) is -0.106. The first-order chi connectivity index (χ1) is 7.76. The smallest absolute Gasteiger partial charge is 0.305 e. The zero-order valence-corrected chi connectivity index (χ0v) is 10.2. The highest BCUT2D eigenvalue weighted by Crippen LogP contribution is 2.01. The van der Waals surface area contributed by atoms with Gasteiger partial charge < -0.3 is 4.74 Å². The number of ether oxygens (including phenoxy) is 1. The Morgan fingerprint density at radius 2 is 1.94 bits per heavy atom. The molecule has 16 heavy (non-hydrogen) atoms. The van der Waals surface area contributed by atoms with Crippen LogP contribution in [0.4, 0.5) is 0 Å². The molecule has 0 atom stereocenters. The third-order valence-electron chi connectivity index (χ3n) is 2.81. The van der Waals surface area contributed by atoms with Crippen LogP contribution in [0.5, 0.6) is 0 Å². The van der Waals surface area contributed by atoms with Crippen molar-refractivity contribution in [1.29, 1.82) is 0 Å². The minimum absolute atomic E-state index is 0.106. The van der Waals surface area contributed by atoms with Gasteiger partial charge in [0, 0.05) is 45.7 Å². The third-order valence-corrected chi connectivity index (χ3v) is 2.81. The van der Waals surface area contributed by atoms with E-state index in [1.807, 2.05) is 13.0 Å². The fourth-order valence-electron chi connectivity index (χ4n) is 1.77. The number of nitrogens with zero attached hydrogens (tertiary/aromatic N) is 2. The Balaban J connectivity index is 2.08. The van der Waals surface area contributed by atoms with Crippen LogP contribution in [-0.4, -0.2) is 61.6 Å². The molecule has 4 nitrogen and oxygen atoms in total. The maximum absolute atomic E-state index is 10.9. The van der Waals surface area contributed by atoms with Crippen molar-refractivity contribution < 1.29 is 9.53 Å². The molecule has 1 saturated heterocycles. The van der Waals surface area contributed by atoms with Gasteiger partial charge in [0.15, 0.2) is 0 Å². The lowest BCUT2D eigenvalue weighted by Gasteiger charge is -2.33. The quantitative estimate of drug-likeness (QED) is 0.494. The fraction of sp³-hybridized carbons (Fsp3) is 0.750. The Hall–Kier alpha value is -0.870. The van der Waals surface area contributed by atoms with Gasteiger partial charge in [0.05, 0.1) is 0 Å². The molecule has 0 aromatic rings. The Kier molecular flexibility index (Phi) is 6.11. The first-order valence-electron chi connectivity index (χ1n) is 5.97. The maximum atomic E-state index is 10.9. The zero-order chi connectivity index (χ0) is 11.8. The predicted octanol–water partition coefficient (Wildman–Crippen LogP) is 0.743. The van der Waals surface area contributed by atoms with Gasteiger partial charge in [-0.05, 0) is 0 Å². The summed E-state index contributed by atoms with van der Waals surface area (Å²) in [6.45, 7) is 12.2. The van der Waals surface area contributed by atoms with Gasteiger partial charge in [-0.25, -0.2) is 0 Å². The summed E-state index contributed by atoms with van der Waals surface area (Å²) in [4.78, 5) is 15.6. The van der Waals surface area contributed by atoms with E-state index in [1.165, 1.54) is 0 Å². The molecule has 1 rings (SSSR count). The van der Waals surface area contributed by atoms with Crippen LogP contribution in [-0.2, 0) is 9.53 Å². The van der Waals surface area contributed by atoms with Crippen molar-refractivity contribution in [3.63, 3.8) is 0 Å². The molecule has 0 unspecified atom stereocenters. The molecule has 1 heterocycles. The molecule has 92 valence electrons. The van der Waals surface area contributed by atoms with Gasteiger partial charge in [0.1, 0.15) is 6.61 Å². The van der Waals surface area contributed by atoms with Gasteiger partial charge in [-0.2, -0.15) is 0 Å². The minimum Gasteiger partial charge on any atom is -0.464 e. The highest BCUT2D eigenvalue weighted by molar-refractivity contribution is 5.68. The summed E-state index contributed by atoms with van der Waals surface area (Å²) in [7, 11) is 0. The normalized spacial score (nSPS) is 18.3. The first-order valence-corrected chi connectivity index (χ1v) is 5.97. The van der Waals surface area contributed by atoms with Gasteiger partial charge in [-0.3, -0.25) is 14.6 Å². The van der Waals surface area contributed by atoms with E-state index in [4.69, 9.17) is 4.74 Å². The van der Waals surface area contributed by atoms with Crippen LogP contribution in [0.15, 0.2) is 12.7 Å². The van der Waals surface area contributed by atoms with Crippen LogP contribution >= 0.6 is 0 Å². The Morgan fingerprint density at radius 3 is 2.50 bits per heavy atom. The van der Waals surface area contributed by atoms with E-state index in [1.54, 1.807) is 0 Å². The Morgan fingerprint density at radius 1 is 1.31 bits per heavy atom. The number of carbonyl (C=O) groups is 1. The van der Waals surface area contributed by atoms with Crippen molar-refractivity contribution in [1.82, 2.24) is 9.80 Å². The molecule has 0 radical (unpaired) electrons. The number of piperazine rings is 1. The van der Waals surface area contributed by atoms with E-state index in [-0.39, 0.29) is 5.97 Å². The molecule has 4 heteroatoms. The summed E-state index contributed by atoms with van der Waals surface area (Å²) in [6, 6.07) is 0. The standard InChI is InChI=1S/C12H22N2O2/c1-3-5-13-6-8-14(9-7-13)10-11-16-12(15)4-2/h3H,1,4-11H2,2H3. The molecule has 0 amide bonds. The molecule has 0 saturated carbocycles. The summed E-state index contributed by atoms with van der Waals surface area (Å²) in [6.07, 6.45) is 2.41. The average Bonchev–Trinajstić information content (AvgIpc) is 2.31. The molecule has 0 spiro atoms. The van der Waals surface area contributed by atoms with Gasteiger partial charge in [-0.15, -0.1) is 6.58 Å². The maximum Gasteiger partial charge on any atom is 0.305 e. The van der Waals surface area contributed by atoms with Crippen LogP contribution < -0.4 is 0 Å². The largest absolute Gasteiger partial charge is 0.464 e. The zero-order valence-electron chi connectivity index (χ0n) is 10.2. The van der Waals surface area contributed by atoms with Gasteiger partial charge in [0.25, 0.3) is 0 Å². The molecule has 1 fully saturated rings. The Bertz CT molecular complexity index is 223. The number of hydrogen-bond donors (Lipinski definition) is 0. The van der Waals surface area contributed by atoms with Crippen molar-refractivity contribution in [2.75, 3.05) is 45.9 Å². The molecule has 0 aromatic carbocycles. The molecular formula is C12H22N2O2. The van der Waals surface area contributed by atoms with Gasteiger partial charge in [-0.1, -0.05) is 13.0 Å². The molecule has 0 aliphatic carbocycles. The van der Waals surface area contributed by atoms with E-state index < -0.39 is 0 Å². The summed E-state index contributed by atoms with van der Waals surface area (Å²) >= 11 is 0. The molecular weight excluding hydrogens is 204 g/mol. The van der Waals surface area contributed by atoms with E-state index in [0.717, 1.165) is 39.3 Å². The van der Waals surface area contributed by atoms with Crippen molar-refractivity contribution in [3.8, 4) is 0 Å². The predicted molar refractivity (Wildman–Crippen MR) is 64.3 cm³/mol. The van der Waals surface area contributed by atoms with Crippen molar-refractivity contribution in [2.24, 2.45) is 0 Å². The van der Waals surface area contributed by atoms with Crippen molar-refractivity contribution >= 4 is 5.97 Å². The van der Waals surface area contributed by atoms with E-state index in [9.17, 15) is 4.79 Å². The van der Waals surface area contributed by atoms with Gasteiger partial charge >= 0.3 is 5.97 Å². The lowest BCUT2D eigenvalue weighted by molar-refractivity contribution is -0.143. The van der Waals surface area contributed by atoms with Crippen LogP contribution in [0.3, 0.4) is 0 Å². The number of carbonyl (C=O) groups excluding carboxylic acids is 1. The average molecular weight is 226 g/mol. The van der Waals surface area contributed by atoms with E-state index in [2.05, 4.69) is 16.4 Å².